The molecule has 0 aliphatic rings. The highest BCUT2D eigenvalue weighted by atomic mass is 16.5. The maximum Gasteiger partial charge on any atom is 0.338 e. The van der Waals surface area contributed by atoms with Crippen LogP contribution in [0.15, 0.2) is 210 Å². The van der Waals surface area contributed by atoms with Crippen molar-refractivity contribution >= 4 is 17.3 Å². The molecule has 6 heteroatoms. The van der Waals surface area contributed by atoms with E-state index in [1.807, 2.05) is 176 Å². The maximum atomic E-state index is 12.9. The van der Waals surface area contributed by atoms with Crippen LogP contribution in [0.1, 0.15) is 233 Å². The third-order valence-corrected chi connectivity index (χ3v) is 16.2. The van der Waals surface area contributed by atoms with E-state index in [9.17, 15) is 4.79 Å². The fraction of sp³-hybridized carbons (Fsp3) is 0.330. The highest BCUT2D eigenvalue weighted by Crippen LogP contribution is 2.35. The molecule has 8 aromatic carbocycles. The molecule has 0 N–H and O–H groups in total. The summed E-state index contributed by atoms with van der Waals surface area (Å²) < 4.78 is 18.7. The number of ether oxygens (including phenoxy) is 3. The van der Waals surface area contributed by atoms with Gasteiger partial charge in [0.2, 0.25) is 0 Å². The summed E-state index contributed by atoms with van der Waals surface area (Å²) in [5.41, 5.74) is 9.35. The van der Waals surface area contributed by atoms with Crippen molar-refractivity contribution in [1.29, 1.82) is 0 Å². The number of unbranched alkanes of at least 4 members (excludes halogenated alkanes) is 23. The van der Waals surface area contributed by atoms with Crippen molar-refractivity contribution in [2.45, 2.75) is 167 Å². The minimum atomic E-state index is -0.324. The molecule has 0 aromatic heterocycles. The van der Waals surface area contributed by atoms with Crippen molar-refractivity contribution in [1.82, 2.24) is 0 Å². The summed E-state index contributed by atoms with van der Waals surface area (Å²) >= 11 is 0. The molecule has 0 spiro atoms. The van der Waals surface area contributed by atoms with Gasteiger partial charge in [0.05, 0.1) is 64.6 Å². The maximum absolute atomic E-state index is 12.9. The fourth-order valence-corrected chi connectivity index (χ4v) is 10.9. The van der Waals surface area contributed by atoms with Gasteiger partial charge in [0.15, 0.2) is 5.75 Å². The Kier molecular flexibility index (Phi) is 32.2. The van der Waals surface area contributed by atoms with Gasteiger partial charge in [-0.15, -0.1) is 0 Å². The van der Waals surface area contributed by atoms with Gasteiger partial charge in [0, 0.05) is 27.8 Å². The van der Waals surface area contributed by atoms with Crippen molar-refractivity contribution in [3.05, 3.63) is 261 Å². The van der Waals surface area contributed by atoms with Gasteiger partial charge in [-0.25, -0.2) is 4.79 Å². The van der Waals surface area contributed by atoms with Gasteiger partial charge in [0.1, 0.15) is 5.75 Å². The molecule has 0 amide bonds. The average Bonchev–Trinajstić information content (AvgIpc) is 0.774. The smallest absolute Gasteiger partial charge is 0.338 e. The van der Waals surface area contributed by atoms with E-state index in [4.69, 9.17) is 14.2 Å². The normalized spacial score (nSPS) is 10.5. The van der Waals surface area contributed by atoms with Gasteiger partial charge in [-0.05, 0) is 128 Å². The first kappa shape index (κ1) is 70.1. The molecule has 0 atom stereocenters. The van der Waals surface area contributed by atoms with Crippen molar-refractivity contribution in [2.24, 2.45) is 10.2 Å². The van der Waals surface area contributed by atoms with Crippen LogP contribution in [0.4, 0.5) is 11.4 Å². The molecule has 8 aromatic rings. The van der Waals surface area contributed by atoms with Crippen LogP contribution in [0.5, 0.6) is 11.5 Å². The summed E-state index contributed by atoms with van der Waals surface area (Å²) in [4.78, 5) is 12.9. The number of nitrogens with zero attached hydrogens (tertiary/aromatic N) is 2. The number of rotatable bonds is 34. The highest BCUT2D eigenvalue weighted by Gasteiger charge is 2.23. The summed E-state index contributed by atoms with van der Waals surface area (Å²) in [5, 5.41) is 8.79. The van der Waals surface area contributed by atoms with E-state index < -0.39 is 0 Å². The van der Waals surface area contributed by atoms with E-state index >= 15 is 0 Å². The van der Waals surface area contributed by atoms with Crippen molar-refractivity contribution in [3.63, 3.8) is 0 Å². The summed E-state index contributed by atoms with van der Waals surface area (Å²) in [6, 6.07) is 64.6. The lowest BCUT2D eigenvalue weighted by atomic mass is 9.89. The molecule has 6 nitrogen and oxygen atoms in total. The number of esters is 1. The van der Waals surface area contributed by atoms with Gasteiger partial charge in [-0.3, -0.25) is 0 Å². The molecule has 0 fully saturated rings. The number of benzene rings is 8. The van der Waals surface area contributed by atoms with Crippen LogP contribution in [-0.2, 0) is 4.74 Å². The average molecular weight is 1240 g/mol. The molecule has 0 bridgehead atoms. The van der Waals surface area contributed by atoms with Crippen LogP contribution in [0, 0.1) is 59.2 Å². The van der Waals surface area contributed by atoms with Crippen LogP contribution in [-0.4, -0.2) is 25.8 Å². The second-order valence-corrected chi connectivity index (χ2v) is 23.8. The van der Waals surface area contributed by atoms with Crippen molar-refractivity contribution in [3.8, 4) is 70.7 Å². The Hall–Kier alpha value is -9.77. The molecule has 0 heterocycles. The van der Waals surface area contributed by atoms with E-state index in [-0.39, 0.29) is 5.97 Å². The second kappa shape index (κ2) is 43.1. The Labute approximate surface area is 562 Å². The molecule has 8 rings (SSSR count). The minimum absolute atomic E-state index is 0.324. The zero-order valence-corrected chi connectivity index (χ0v) is 55.4. The summed E-state index contributed by atoms with van der Waals surface area (Å²) in [5.74, 6) is 36.0. The van der Waals surface area contributed by atoms with Gasteiger partial charge in [0.25, 0.3) is 0 Å². The Morgan fingerprint density at radius 3 is 0.904 bits per heavy atom. The van der Waals surface area contributed by atoms with E-state index in [2.05, 4.69) is 76.4 Å². The molecule has 0 unspecified atom stereocenters. The number of azo groups is 1. The number of carbonyl (C=O) groups is 1. The largest absolute Gasteiger partial charge is 0.494 e. The number of hydrogen-bond donors (Lipinski definition) is 0. The summed E-state index contributed by atoms with van der Waals surface area (Å²) in [6.45, 7) is 3.86. The van der Waals surface area contributed by atoms with Gasteiger partial charge in [-0.2, -0.15) is 10.2 Å². The summed E-state index contributed by atoms with van der Waals surface area (Å²) in [7, 11) is 0. The first-order valence-electron chi connectivity index (χ1n) is 34.7. The molecule has 0 saturated heterocycles. The van der Waals surface area contributed by atoms with Crippen molar-refractivity contribution < 1.29 is 19.0 Å². The fourth-order valence-electron chi connectivity index (χ4n) is 10.9. The lowest BCUT2D eigenvalue weighted by Crippen LogP contribution is -2.08. The van der Waals surface area contributed by atoms with Crippen molar-refractivity contribution in [2.75, 3.05) is 19.8 Å². The number of carbonyl (C=O) groups excluding carboxylic acids is 1. The lowest BCUT2D eigenvalue weighted by molar-refractivity contribution is 0.0497. The zero-order chi connectivity index (χ0) is 65.0. The SMILES string of the molecule is CCCCCCCCCCCCCCCCCCOc1ccc(N=Nc2ccc(C(=O)OCCCCCCCCCCCOc3c(C#Cc4ccccc4)c(C#Cc4ccccc4)c(C#Cc4ccccc4)c(C#Cc4ccccc4)c3C#Cc3ccccc3)cc2)cc1. The van der Waals surface area contributed by atoms with Crippen LogP contribution in [0.2, 0.25) is 0 Å². The molecule has 0 saturated carbocycles. The van der Waals surface area contributed by atoms with E-state index in [0.29, 0.717) is 58.0 Å². The molecule has 478 valence electrons. The van der Waals surface area contributed by atoms with E-state index in [1.165, 1.54) is 96.3 Å². The predicted octanol–water partition coefficient (Wildman–Crippen LogP) is 22.5. The topological polar surface area (TPSA) is 69.5 Å². The van der Waals surface area contributed by atoms with Crippen LogP contribution >= 0.6 is 0 Å². The van der Waals surface area contributed by atoms with E-state index in [1.54, 1.807) is 24.3 Å². The third-order valence-electron chi connectivity index (χ3n) is 16.2. The van der Waals surface area contributed by atoms with Crippen LogP contribution < -0.4 is 9.47 Å². The first-order chi connectivity index (χ1) is 46.6. The van der Waals surface area contributed by atoms with Gasteiger partial charge < -0.3 is 14.2 Å². The lowest BCUT2D eigenvalue weighted by Gasteiger charge is -2.17. The Morgan fingerprint density at radius 1 is 0.287 bits per heavy atom. The third kappa shape index (κ3) is 26.4. The Bertz CT molecular complexity index is 3720. The molecule has 0 radical (unpaired) electrons. The second-order valence-electron chi connectivity index (χ2n) is 23.8. The standard InChI is InChI=1S/C88H92N2O4/c1-2-3-4-5-6-7-8-9-10-11-12-13-15-18-21-39-70-92-81-63-61-80(62-64-81)90-89-79-59-57-78(58-60-79)88(91)94-72-41-23-20-17-14-16-19-22-40-71-93-87-85(68-55-76-48-35-27-36-49-76)83(66-53-74-44-31-25-32-45-74)82(65-52-73-42-29-24-30-43-73)84(67-54-75-46-33-26-34-47-75)86(87)69-56-77-50-37-28-38-51-77/h24-38,42-51,57-64H,2-23,39-41,70-72H2,1H3. The molecular weight excluding hydrogens is 1150 g/mol. The predicted molar refractivity (Wildman–Crippen MR) is 388 cm³/mol. The van der Waals surface area contributed by atoms with Crippen LogP contribution in [0.3, 0.4) is 0 Å². The number of hydrogen-bond acceptors (Lipinski definition) is 6. The Balaban J connectivity index is 0.785. The minimum Gasteiger partial charge on any atom is -0.494 e. The molecule has 0 aliphatic heterocycles. The van der Waals surface area contributed by atoms with Gasteiger partial charge in [-0.1, -0.05) is 298 Å². The monoisotopic (exact) mass is 1240 g/mol. The Morgan fingerprint density at radius 2 is 0.564 bits per heavy atom. The molecule has 0 aliphatic carbocycles. The van der Waals surface area contributed by atoms with Gasteiger partial charge >= 0.3 is 5.97 Å². The van der Waals surface area contributed by atoms with E-state index in [0.717, 1.165) is 110 Å². The highest BCUT2D eigenvalue weighted by molar-refractivity contribution is 5.89. The first-order valence-corrected chi connectivity index (χ1v) is 34.7. The zero-order valence-electron chi connectivity index (χ0n) is 55.4. The quantitative estimate of drug-likeness (QED) is 0.0174. The molecular formula is C88H92N2O4. The summed E-state index contributed by atoms with van der Waals surface area (Å²) in [6.07, 6.45) is 31.0. The molecule has 94 heavy (non-hydrogen) atoms. The van der Waals surface area contributed by atoms with Crippen LogP contribution in [0.25, 0.3) is 0 Å².